The van der Waals surface area contributed by atoms with E-state index in [0.717, 1.165) is 42.4 Å². The molecule has 1 amide bonds. The Labute approximate surface area is 173 Å². The second kappa shape index (κ2) is 7.58. The van der Waals surface area contributed by atoms with E-state index in [9.17, 15) is 4.79 Å². The molecule has 7 heteroatoms. The average molecular weight is 399 g/mol. The molecule has 2 aromatic rings. The van der Waals surface area contributed by atoms with Gasteiger partial charge in [0.05, 0.1) is 11.3 Å². The molecule has 29 heavy (non-hydrogen) atoms. The number of amides is 1. The summed E-state index contributed by atoms with van der Waals surface area (Å²) in [6.07, 6.45) is 7.97. The summed E-state index contributed by atoms with van der Waals surface area (Å²) in [7, 11) is 1.91. The third-order valence-electron chi connectivity index (χ3n) is 7.03. The maximum atomic E-state index is 13.5. The first-order valence-electron chi connectivity index (χ1n) is 11.0. The van der Waals surface area contributed by atoms with Crippen LogP contribution in [-0.2, 0) is 13.6 Å². The standard InChI is InChI=1S/C22H34N6O/c1-15(2)11-28-14-23-24-20(28)18-12-27(13-22(18)9-7-6-8-10-22)21(29)19-16(3)25-26(5)17(19)4/h14-15,18H,6-13H2,1-5H3. The van der Waals surface area contributed by atoms with E-state index in [1.165, 1.54) is 32.1 Å². The molecule has 1 aliphatic carbocycles. The molecule has 1 aliphatic heterocycles. The average Bonchev–Trinajstić information content (AvgIpc) is 3.32. The predicted octanol–water partition coefficient (Wildman–Crippen LogP) is 3.47. The van der Waals surface area contributed by atoms with Gasteiger partial charge in [-0.2, -0.15) is 5.10 Å². The molecular weight excluding hydrogens is 364 g/mol. The maximum absolute atomic E-state index is 13.5. The number of rotatable bonds is 4. The lowest BCUT2D eigenvalue weighted by Gasteiger charge is -2.37. The molecule has 0 bridgehead atoms. The summed E-state index contributed by atoms with van der Waals surface area (Å²) in [6, 6.07) is 0. The van der Waals surface area contributed by atoms with Gasteiger partial charge >= 0.3 is 0 Å². The summed E-state index contributed by atoms with van der Waals surface area (Å²) >= 11 is 0. The van der Waals surface area contributed by atoms with Gasteiger partial charge in [-0.05, 0) is 38.0 Å². The zero-order chi connectivity index (χ0) is 20.8. The van der Waals surface area contributed by atoms with Crippen molar-refractivity contribution in [3.8, 4) is 0 Å². The number of hydrogen-bond donors (Lipinski definition) is 0. The summed E-state index contributed by atoms with van der Waals surface area (Å²) in [5.41, 5.74) is 2.65. The Hall–Kier alpha value is -2.18. The summed E-state index contributed by atoms with van der Waals surface area (Å²) in [5.74, 6) is 1.98. The van der Waals surface area contributed by atoms with Gasteiger partial charge < -0.3 is 9.47 Å². The van der Waals surface area contributed by atoms with Crippen LogP contribution in [0.4, 0.5) is 0 Å². The van der Waals surface area contributed by atoms with E-state index < -0.39 is 0 Å². The topological polar surface area (TPSA) is 68.8 Å². The number of nitrogens with zero attached hydrogens (tertiary/aromatic N) is 6. The number of aryl methyl sites for hydroxylation is 2. The SMILES string of the molecule is Cc1nn(C)c(C)c1C(=O)N1CC(c2nncn2CC(C)C)C2(CCCCC2)C1. The van der Waals surface area contributed by atoms with Crippen LogP contribution in [0.3, 0.4) is 0 Å². The smallest absolute Gasteiger partial charge is 0.257 e. The first kappa shape index (κ1) is 20.1. The number of hydrogen-bond acceptors (Lipinski definition) is 4. The van der Waals surface area contributed by atoms with E-state index in [2.05, 4.69) is 38.6 Å². The van der Waals surface area contributed by atoms with Crippen molar-refractivity contribution >= 4 is 5.91 Å². The number of likely N-dealkylation sites (tertiary alicyclic amines) is 1. The number of carbonyl (C=O) groups excluding carboxylic acids is 1. The van der Waals surface area contributed by atoms with Crippen LogP contribution in [0.2, 0.25) is 0 Å². The van der Waals surface area contributed by atoms with Crippen LogP contribution in [-0.4, -0.2) is 48.4 Å². The fraction of sp³-hybridized carbons (Fsp3) is 0.727. The highest BCUT2D eigenvalue weighted by Crippen LogP contribution is 2.52. The van der Waals surface area contributed by atoms with Gasteiger partial charge in [0.2, 0.25) is 0 Å². The van der Waals surface area contributed by atoms with Crippen LogP contribution in [0.5, 0.6) is 0 Å². The zero-order valence-electron chi connectivity index (χ0n) is 18.5. The molecule has 1 unspecified atom stereocenters. The highest BCUT2D eigenvalue weighted by atomic mass is 16.2. The van der Waals surface area contributed by atoms with Crippen LogP contribution in [0.15, 0.2) is 6.33 Å². The van der Waals surface area contributed by atoms with E-state index in [1.54, 1.807) is 0 Å². The zero-order valence-corrected chi connectivity index (χ0v) is 18.5. The van der Waals surface area contributed by atoms with Crippen molar-refractivity contribution in [1.29, 1.82) is 0 Å². The van der Waals surface area contributed by atoms with Crippen molar-refractivity contribution in [2.75, 3.05) is 13.1 Å². The van der Waals surface area contributed by atoms with Gasteiger partial charge in [-0.3, -0.25) is 9.48 Å². The second-order valence-electron chi connectivity index (χ2n) is 9.57. The van der Waals surface area contributed by atoms with Crippen LogP contribution in [0.1, 0.15) is 79.4 Å². The molecule has 7 nitrogen and oxygen atoms in total. The van der Waals surface area contributed by atoms with Crippen molar-refractivity contribution in [3.63, 3.8) is 0 Å². The first-order valence-corrected chi connectivity index (χ1v) is 11.0. The van der Waals surface area contributed by atoms with Gasteiger partial charge in [0.15, 0.2) is 0 Å². The summed E-state index contributed by atoms with van der Waals surface area (Å²) in [4.78, 5) is 15.6. The van der Waals surface area contributed by atoms with Crippen LogP contribution < -0.4 is 0 Å². The first-order chi connectivity index (χ1) is 13.8. The molecule has 4 rings (SSSR count). The fourth-order valence-electron chi connectivity index (χ4n) is 5.55. The van der Waals surface area contributed by atoms with Crippen LogP contribution >= 0.6 is 0 Å². The van der Waals surface area contributed by atoms with Crippen molar-refractivity contribution in [3.05, 3.63) is 29.1 Å². The fourth-order valence-corrected chi connectivity index (χ4v) is 5.55. The molecule has 2 fully saturated rings. The Morgan fingerprint density at radius 2 is 1.97 bits per heavy atom. The molecule has 2 aromatic heterocycles. The third kappa shape index (κ3) is 3.49. The monoisotopic (exact) mass is 398 g/mol. The number of carbonyl (C=O) groups is 1. The molecule has 1 saturated carbocycles. The van der Waals surface area contributed by atoms with Gasteiger partial charge in [-0.1, -0.05) is 33.1 Å². The van der Waals surface area contributed by atoms with Gasteiger partial charge in [0.1, 0.15) is 12.2 Å². The molecule has 1 spiro atoms. The van der Waals surface area contributed by atoms with Gasteiger partial charge in [0.25, 0.3) is 5.91 Å². The van der Waals surface area contributed by atoms with Crippen molar-refractivity contribution in [2.45, 2.75) is 72.3 Å². The van der Waals surface area contributed by atoms with Gasteiger partial charge in [-0.15, -0.1) is 10.2 Å². The molecule has 1 saturated heterocycles. The molecular formula is C22H34N6O. The van der Waals surface area contributed by atoms with Crippen LogP contribution in [0.25, 0.3) is 0 Å². The Kier molecular flexibility index (Phi) is 5.25. The lowest BCUT2D eigenvalue weighted by molar-refractivity contribution is 0.0756. The minimum atomic E-state index is 0.121. The van der Waals surface area contributed by atoms with E-state index in [-0.39, 0.29) is 17.2 Å². The van der Waals surface area contributed by atoms with Gasteiger partial charge in [-0.25, -0.2) is 0 Å². The molecule has 158 valence electrons. The molecule has 0 aromatic carbocycles. The highest BCUT2D eigenvalue weighted by molar-refractivity contribution is 5.96. The minimum absolute atomic E-state index is 0.121. The molecule has 0 radical (unpaired) electrons. The maximum Gasteiger partial charge on any atom is 0.257 e. The summed E-state index contributed by atoms with van der Waals surface area (Å²) in [5, 5.41) is 13.3. The van der Waals surface area contributed by atoms with E-state index in [0.29, 0.717) is 5.92 Å². The van der Waals surface area contributed by atoms with Crippen molar-refractivity contribution < 1.29 is 4.79 Å². The van der Waals surface area contributed by atoms with Gasteiger partial charge in [0, 0.05) is 38.3 Å². The largest absolute Gasteiger partial charge is 0.337 e. The van der Waals surface area contributed by atoms with Crippen LogP contribution in [0, 0.1) is 25.2 Å². The van der Waals surface area contributed by atoms with E-state index in [4.69, 9.17) is 0 Å². The summed E-state index contributed by atoms with van der Waals surface area (Å²) < 4.78 is 4.03. The normalized spacial score (nSPS) is 21.4. The Morgan fingerprint density at radius 3 is 2.59 bits per heavy atom. The van der Waals surface area contributed by atoms with E-state index in [1.807, 2.05) is 31.9 Å². The third-order valence-corrected chi connectivity index (χ3v) is 7.03. The summed E-state index contributed by atoms with van der Waals surface area (Å²) in [6.45, 7) is 10.8. The molecule has 0 N–H and O–H groups in total. The lowest BCUT2D eigenvalue weighted by atomic mass is 9.67. The molecule has 3 heterocycles. The predicted molar refractivity (Wildman–Crippen MR) is 112 cm³/mol. The quantitative estimate of drug-likeness (QED) is 0.791. The van der Waals surface area contributed by atoms with E-state index >= 15 is 0 Å². The molecule has 2 aliphatic rings. The Bertz CT molecular complexity index is 889. The van der Waals surface area contributed by atoms with Crippen molar-refractivity contribution in [2.24, 2.45) is 18.4 Å². The number of aromatic nitrogens is 5. The minimum Gasteiger partial charge on any atom is -0.337 e. The van der Waals surface area contributed by atoms with Crippen molar-refractivity contribution in [1.82, 2.24) is 29.4 Å². The Balaban J connectivity index is 1.68. The lowest BCUT2D eigenvalue weighted by Crippen LogP contribution is -2.35. The highest BCUT2D eigenvalue weighted by Gasteiger charge is 2.51. The second-order valence-corrected chi connectivity index (χ2v) is 9.57. The Morgan fingerprint density at radius 1 is 1.24 bits per heavy atom. The molecule has 1 atom stereocenters.